The number of halogens is 3. The Morgan fingerprint density at radius 2 is 1.77 bits per heavy atom. The highest BCUT2D eigenvalue weighted by Crippen LogP contribution is 2.32. The van der Waals surface area contributed by atoms with E-state index in [0.29, 0.717) is 0 Å². The molecule has 0 unspecified atom stereocenters. The van der Waals surface area contributed by atoms with Gasteiger partial charge in [0.1, 0.15) is 11.8 Å². The van der Waals surface area contributed by atoms with Gasteiger partial charge in [0.2, 0.25) is 0 Å². The number of carboxylic acid groups (broad SMARTS) is 1. The summed E-state index contributed by atoms with van der Waals surface area (Å²) < 4.78 is 37.9. The van der Waals surface area contributed by atoms with Crippen molar-refractivity contribution in [2.75, 3.05) is 0 Å². The Balaban J connectivity index is 2.47. The molecule has 0 spiro atoms. The standard InChI is InChI=1S/C17H11F3N2O4/c18-17(19,20)11-3-1-9(2-4-11)12-7-10(8-21)16(26)15(22-12)13(23)5-6-14(24)25/h1-4,7,26H,5-6H2,(H,24,25). The highest BCUT2D eigenvalue weighted by atomic mass is 19.4. The van der Waals surface area contributed by atoms with Crippen LogP contribution in [0.15, 0.2) is 30.3 Å². The van der Waals surface area contributed by atoms with Gasteiger partial charge in [0, 0.05) is 12.0 Å². The predicted octanol–water partition coefficient (Wildman–Crippen LogP) is 3.39. The molecule has 2 aromatic rings. The number of benzene rings is 1. The monoisotopic (exact) mass is 364 g/mol. The summed E-state index contributed by atoms with van der Waals surface area (Å²) in [5, 5.41) is 27.6. The van der Waals surface area contributed by atoms with Gasteiger partial charge in [0.15, 0.2) is 11.5 Å². The Morgan fingerprint density at radius 3 is 2.27 bits per heavy atom. The second-order valence-corrected chi connectivity index (χ2v) is 5.26. The summed E-state index contributed by atoms with van der Waals surface area (Å²) >= 11 is 0. The van der Waals surface area contributed by atoms with Crippen molar-refractivity contribution in [3.63, 3.8) is 0 Å². The molecule has 2 N–H and O–H groups in total. The number of nitriles is 1. The predicted molar refractivity (Wildman–Crippen MR) is 82.3 cm³/mol. The number of carbonyl (C=O) groups is 2. The topological polar surface area (TPSA) is 111 Å². The fourth-order valence-electron chi connectivity index (χ4n) is 2.13. The summed E-state index contributed by atoms with van der Waals surface area (Å²) in [5.74, 6) is -2.72. The fourth-order valence-corrected chi connectivity index (χ4v) is 2.13. The van der Waals surface area contributed by atoms with Crippen molar-refractivity contribution in [2.45, 2.75) is 19.0 Å². The number of carbonyl (C=O) groups excluding carboxylic acids is 1. The molecular formula is C17H11F3N2O4. The molecule has 0 bridgehead atoms. The molecule has 26 heavy (non-hydrogen) atoms. The Labute approximate surface area is 145 Å². The molecule has 1 aromatic heterocycles. The summed E-state index contributed by atoms with van der Waals surface area (Å²) in [6, 6.07) is 6.68. The lowest BCUT2D eigenvalue weighted by Gasteiger charge is -2.10. The highest BCUT2D eigenvalue weighted by molar-refractivity contribution is 5.99. The molecule has 134 valence electrons. The second kappa shape index (κ2) is 7.23. The number of alkyl halides is 3. The number of ketones is 1. The zero-order valence-corrected chi connectivity index (χ0v) is 13.0. The van der Waals surface area contributed by atoms with Crippen LogP contribution in [-0.4, -0.2) is 26.9 Å². The quantitative estimate of drug-likeness (QED) is 0.787. The lowest BCUT2D eigenvalue weighted by molar-refractivity contribution is -0.138. The molecule has 0 radical (unpaired) electrons. The molecule has 9 heteroatoms. The first-order valence-corrected chi connectivity index (χ1v) is 7.20. The van der Waals surface area contributed by atoms with Crippen molar-refractivity contribution in [1.82, 2.24) is 4.98 Å². The van der Waals surface area contributed by atoms with Crippen LogP contribution < -0.4 is 0 Å². The van der Waals surface area contributed by atoms with E-state index in [1.807, 2.05) is 0 Å². The third-order valence-electron chi connectivity index (χ3n) is 3.45. The summed E-state index contributed by atoms with van der Waals surface area (Å²) in [7, 11) is 0. The summed E-state index contributed by atoms with van der Waals surface area (Å²) in [6.45, 7) is 0. The van der Waals surface area contributed by atoms with Gasteiger partial charge in [-0.15, -0.1) is 0 Å². The number of Topliss-reactive ketones (excluding diaryl/α,β-unsaturated/α-hetero) is 1. The van der Waals surface area contributed by atoms with Crippen molar-refractivity contribution in [1.29, 1.82) is 5.26 Å². The third kappa shape index (κ3) is 4.16. The van der Waals surface area contributed by atoms with Gasteiger partial charge in [-0.1, -0.05) is 12.1 Å². The molecule has 1 aromatic carbocycles. The molecule has 0 aliphatic carbocycles. The van der Waals surface area contributed by atoms with Gasteiger partial charge in [-0.3, -0.25) is 9.59 Å². The maximum atomic E-state index is 12.6. The SMILES string of the molecule is N#Cc1cc(-c2ccc(C(F)(F)F)cc2)nc(C(=O)CCC(=O)O)c1O. The van der Waals surface area contributed by atoms with Crippen molar-refractivity contribution in [2.24, 2.45) is 0 Å². The van der Waals surface area contributed by atoms with E-state index in [4.69, 9.17) is 10.4 Å². The highest BCUT2D eigenvalue weighted by Gasteiger charge is 2.30. The largest absolute Gasteiger partial charge is 0.504 e. The van der Waals surface area contributed by atoms with Gasteiger partial charge in [-0.25, -0.2) is 4.98 Å². The maximum Gasteiger partial charge on any atom is 0.416 e. The first kappa shape index (κ1) is 18.9. The molecule has 0 amide bonds. The summed E-state index contributed by atoms with van der Waals surface area (Å²) in [5.41, 5.74) is -1.47. The number of hydrogen-bond donors (Lipinski definition) is 2. The number of aromatic hydroxyl groups is 1. The third-order valence-corrected chi connectivity index (χ3v) is 3.45. The Hall–Kier alpha value is -3.41. The van der Waals surface area contributed by atoms with Crippen molar-refractivity contribution in [3.05, 3.63) is 47.2 Å². The van der Waals surface area contributed by atoms with Crippen LogP contribution in [-0.2, 0) is 11.0 Å². The molecule has 0 aliphatic heterocycles. The van der Waals surface area contributed by atoms with Crippen LogP contribution in [0.2, 0.25) is 0 Å². The number of nitrogens with zero attached hydrogens (tertiary/aromatic N) is 2. The second-order valence-electron chi connectivity index (χ2n) is 5.26. The molecule has 0 saturated heterocycles. The number of carboxylic acids is 1. The van der Waals surface area contributed by atoms with E-state index in [0.717, 1.165) is 30.3 Å². The van der Waals surface area contributed by atoms with Gasteiger partial charge in [-0.2, -0.15) is 18.4 Å². The molecule has 2 rings (SSSR count). The van der Waals surface area contributed by atoms with Gasteiger partial charge in [-0.05, 0) is 18.2 Å². The number of aliphatic carboxylic acids is 1. The van der Waals surface area contributed by atoms with Crippen LogP contribution in [0.4, 0.5) is 13.2 Å². The minimum absolute atomic E-state index is 0.00625. The minimum atomic E-state index is -4.52. The molecule has 0 fully saturated rings. The molecule has 1 heterocycles. The molecule has 6 nitrogen and oxygen atoms in total. The van der Waals surface area contributed by atoms with Gasteiger partial charge < -0.3 is 10.2 Å². The Morgan fingerprint density at radius 1 is 1.15 bits per heavy atom. The number of hydrogen-bond acceptors (Lipinski definition) is 5. The van der Waals surface area contributed by atoms with Gasteiger partial charge in [0.25, 0.3) is 0 Å². The van der Waals surface area contributed by atoms with E-state index in [9.17, 15) is 27.9 Å². The average Bonchev–Trinajstić information content (AvgIpc) is 2.59. The zero-order valence-electron chi connectivity index (χ0n) is 13.0. The minimum Gasteiger partial charge on any atom is -0.504 e. The first-order valence-electron chi connectivity index (χ1n) is 7.20. The first-order chi connectivity index (χ1) is 12.1. The van der Waals surface area contributed by atoms with Crippen LogP contribution in [0.5, 0.6) is 5.75 Å². The smallest absolute Gasteiger partial charge is 0.416 e. The summed E-state index contributed by atoms with van der Waals surface area (Å²) in [6.07, 6.45) is -5.46. The lowest BCUT2D eigenvalue weighted by atomic mass is 10.0. The Kier molecular flexibility index (Phi) is 5.26. The normalized spacial score (nSPS) is 11.0. The maximum absolute atomic E-state index is 12.6. The molecule has 0 aliphatic rings. The molecular weight excluding hydrogens is 353 g/mol. The van der Waals surface area contributed by atoms with Gasteiger partial charge in [0.05, 0.1) is 23.2 Å². The van der Waals surface area contributed by atoms with E-state index >= 15 is 0 Å². The van der Waals surface area contributed by atoms with Crippen LogP contribution >= 0.6 is 0 Å². The fraction of sp³-hybridized carbons (Fsp3) is 0.176. The average molecular weight is 364 g/mol. The number of rotatable bonds is 5. The Bertz CT molecular complexity index is 900. The summed E-state index contributed by atoms with van der Waals surface area (Å²) in [4.78, 5) is 26.5. The van der Waals surface area contributed by atoms with E-state index < -0.39 is 47.8 Å². The van der Waals surface area contributed by atoms with E-state index in [1.54, 1.807) is 6.07 Å². The number of pyridine rings is 1. The van der Waals surface area contributed by atoms with Crippen molar-refractivity contribution >= 4 is 11.8 Å². The van der Waals surface area contributed by atoms with Crippen molar-refractivity contribution < 1.29 is 33.0 Å². The van der Waals surface area contributed by atoms with Crippen LogP contribution in [0, 0.1) is 11.3 Å². The molecule has 0 atom stereocenters. The number of aromatic nitrogens is 1. The van der Waals surface area contributed by atoms with E-state index in [-0.39, 0.29) is 16.8 Å². The van der Waals surface area contributed by atoms with E-state index in [2.05, 4.69) is 4.98 Å². The van der Waals surface area contributed by atoms with E-state index in [1.165, 1.54) is 0 Å². The van der Waals surface area contributed by atoms with Crippen LogP contribution in [0.1, 0.15) is 34.5 Å². The zero-order chi connectivity index (χ0) is 19.5. The van der Waals surface area contributed by atoms with Crippen molar-refractivity contribution in [3.8, 4) is 23.1 Å². The van der Waals surface area contributed by atoms with Gasteiger partial charge >= 0.3 is 12.1 Å². The lowest BCUT2D eigenvalue weighted by Crippen LogP contribution is -2.08. The van der Waals surface area contributed by atoms with Crippen LogP contribution in [0.3, 0.4) is 0 Å². The molecule has 0 saturated carbocycles. The van der Waals surface area contributed by atoms with Crippen LogP contribution in [0.25, 0.3) is 11.3 Å².